The summed E-state index contributed by atoms with van der Waals surface area (Å²) in [4.78, 5) is 20.1. The van der Waals surface area contributed by atoms with Gasteiger partial charge < -0.3 is 15.4 Å². The Balaban J connectivity index is 1.66. The average molecular weight is 366 g/mol. The zero-order chi connectivity index (χ0) is 18.6. The van der Waals surface area contributed by atoms with Gasteiger partial charge in [-0.2, -0.15) is 13.2 Å². The molecule has 1 amide bonds. The fourth-order valence-electron chi connectivity index (χ4n) is 2.55. The minimum absolute atomic E-state index is 0.00323. The Bertz CT molecular complexity index is 777. The lowest BCUT2D eigenvalue weighted by Gasteiger charge is -2.11. The lowest BCUT2D eigenvalue weighted by atomic mass is 10.2. The van der Waals surface area contributed by atoms with Crippen LogP contribution in [-0.4, -0.2) is 35.1 Å². The Hall–Kier alpha value is -2.68. The molecule has 0 radical (unpaired) electrons. The molecule has 1 atom stereocenters. The van der Waals surface area contributed by atoms with Gasteiger partial charge in [0.2, 0.25) is 5.95 Å². The molecule has 2 N–H and O–H groups in total. The average Bonchev–Trinajstić information content (AvgIpc) is 3.13. The third-order valence-corrected chi connectivity index (χ3v) is 3.85. The van der Waals surface area contributed by atoms with Crippen LogP contribution in [0.2, 0.25) is 0 Å². The predicted octanol–water partition coefficient (Wildman–Crippen LogP) is 3.15. The maximum atomic E-state index is 12.8. The van der Waals surface area contributed by atoms with E-state index >= 15 is 0 Å². The van der Waals surface area contributed by atoms with Crippen molar-refractivity contribution in [3.63, 3.8) is 0 Å². The zero-order valence-electron chi connectivity index (χ0n) is 13.7. The molecular weight excluding hydrogens is 349 g/mol. The normalized spacial score (nSPS) is 17.1. The van der Waals surface area contributed by atoms with Gasteiger partial charge >= 0.3 is 6.18 Å². The van der Waals surface area contributed by atoms with E-state index < -0.39 is 17.6 Å². The second kappa shape index (κ2) is 7.69. The highest BCUT2D eigenvalue weighted by molar-refractivity contribution is 5.92. The van der Waals surface area contributed by atoms with Gasteiger partial charge in [-0.3, -0.25) is 4.79 Å². The summed E-state index contributed by atoms with van der Waals surface area (Å²) in [6, 6.07) is 6.10. The van der Waals surface area contributed by atoms with Gasteiger partial charge in [-0.1, -0.05) is 6.07 Å². The van der Waals surface area contributed by atoms with Gasteiger partial charge in [0.15, 0.2) is 0 Å². The number of hydrogen-bond donors (Lipinski definition) is 2. The maximum absolute atomic E-state index is 12.8. The molecule has 2 heterocycles. The Morgan fingerprint density at radius 3 is 2.88 bits per heavy atom. The maximum Gasteiger partial charge on any atom is 0.416 e. The van der Waals surface area contributed by atoms with E-state index in [0.717, 1.165) is 25.0 Å². The second-order valence-electron chi connectivity index (χ2n) is 5.81. The number of carbonyl (C=O) groups is 1. The summed E-state index contributed by atoms with van der Waals surface area (Å²) in [6.07, 6.45) is -1.21. The minimum atomic E-state index is -4.44. The van der Waals surface area contributed by atoms with Gasteiger partial charge in [0, 0.05) is 25.0 Å². The summed E-state index contributed by atoms with van der Waals surface area (Å²) < 4.78 is 43.7. The first-order chi connectivity index (χ1) is 12.4. The third kappa shape index (κ3) is 4.69. The van der Waals surface area contributed by atoms with Crippen molar-refractivity contribution in [1.82, 2.24) is 15.3 Å². The van der Waals surface area contributed by atoms with E-state index in [0.29, 0.717) is 13.2 Å². The highest BCUT2D eigenvalue weighted by atomic mass is 19.4. The van der Waals surface area contributed by atoms with Crippen LogP contribution in [0.4, 0.5) is 24.8 Å². The number of rotatable bonds is 5. The van der Waals surface area contributed by atoms with Crippen LogP contribution < -0.4 is 10.6 Å². The van der Waals surface area contributed by atoms with Crippen molar-refractivity contribution in [1.29, 1.82) is 0 Å². The molecule has 0 aliphatic carbocycles. The van der Waals surface area contributed by atoms with Crippen LogP contribution >= 0.6 is 0 Å². The van der Waals surface area contributed by atoms with Crippen LogP contribution in [0.15, 0.2) is 36.5 Å². The van der Waals surface area contributed by atoms with Crippen molar-refractivity contribution < 1.29 is 22.7 Å². The van der Waals surface area contributed by atoms with Crippen molar-refractivity contribution in [2.24, 2.45) is 0 Å². The molecule has 26 heavy (non-hydrogen) atoms. The van der Waals surface area contributed by atoms with Gasteiger partial charge in [0.1, 0.15) is 5.69 Å². The van der Waals surface area contributed by atoms with Crippen LogP contribution in [0.5, 0.6) is 0 Å². The molecule has 1 saturated heterocycles. The lowest BCUT2D eigenvalue weighted by Crippen LogP contribution is -2.32. The Morgan fingerprint density at radius 1 is 1.31 bits per heavy atom. The molecule has 1 fully saturated rings. The lowest BCUT2D eigenvalue weighted by molar-refractivity contribution is -0.137. The predicted molar refractivity (Wildman–Crippen MR) is 88.1 cm³/mol. The number of aromatic nitrogens is 2. The summed E-state index contributed by atoms with van der Waals surface area (Å²) >= 11 is 0. The van der Waals surface area contributed by atoms with Crippen molar-refractivity contribution in [3.8, 4) is 0 Å². The molecule has 1 aromatic heterocycles. The smallest absolute Gasteiger partial charge is 0.376 e. The van der Waals surface area contributed by atoms with Gasteiger partial charge in [0.05, 0.1) is 11.7 Å². The number of carbonyl (C=O) groups excluding carboxylic acids is 1. The number of benzene rings is 1. The highest BCUT2D eigenvalue weighted by Gasteiger charge is 2.30. The van der Waals surface area contributed by atoms with E-state index in [9.17, 15) is 18.0 Å². The van der Waals surface area contributed by atoms with Gasteiger partial charge in [0.25, 0.3) is 5.91 Å². The zero-order valence-corrected chi connectivity index (χ0v) is 13.7. The molecule has 0 bridgehead atoms. The van der Waals surface area contributed by atoms with Crippen molar-refractivity contribution >= 4 is 17.5 Å². The van der Waals surface area contributed by atoms with Crippen molar-refractivity contribution in [2.45, 2.75) is 25.1 Å². The number of hydrogen-bond acceptors (Lipinski definition) is 5. The quantitative estimate of drug-likeness (QED) is 0.850. The first-order valence-corrected chi connectivity index (χ1v) is 8.09. The number of ether oxygens (including phenoxy) is 1. The van der Waals surface area contributed by atoms with Crippen LogP contribution in [0, 0.1) is 0 Å². The molecule has 6 nitrogen and oxygen atoms in total. The Kier molecular flexibility index (Phi) is 5.36. The van der Waals surface area contributed by atoms with Gasteiger partial charge in [-0.05, 0) is 37.1 Å². The first-order valence-electron chi connectivity index (χ1n) is 8.09. The van der Waals surface area contributed by atoms with E-state index in [-0.39, 0.29) is 23.4 Å². The van der Waals surface area contributed by atoms with Crippen LogP contribution in [0.25, 0.3) is 0 Å². The summed E-state index contributed by atoms with van der Waals surface area (Å²) in [5, 5.41) is 5.41. The summed E-state index contributed by atoms with van der Waals surface area (Å²) in [5.74, 6) is -0.357. The van der Waals surface area contributed by atoms with E-state index in [1.807, 2.05) is 0 Å². The van der Waals surface area contributed by atoms with Crippen LogP contribution in [0.3, 0.4) is 0 Å². The standard InChI is InChI=1S/C17H17F3N4O2/c18-17(19,20)11-3-1-4-12(9-11)23-16-21-7-6-14(24-16)15(25)22-10-13-5-2-8-26-13/h1,3-4,6-7,9,13H,2,5,8,10H2,(H,22,25)(H,21,23,24). The fraction of sp³-hybridized carbons (Fsp3) is 0.353. The van der Waals surface area contributed by atoms with E-state index in [2.05, 4.69) is 20.6 Å². The monoisotopic (exact) mass is 366 g/mol. The van der Waals surface area contributed by atoms with Crippen LogP contribution in [-0.2, 0) is 10.9 Å². The molecule has 0 spiro atoms. The van der Waals surface area contributed by atoms with Crippen molar-refractivity contribution in [2.75, 3.05) is 18.5 Å². The molecule has 3 rings (SSSR count). The molecule has 0 saturated carbocycles. The Morgan fingerprint density at radius 2 is 2.15 bits per heavy atom. The SMILES string of the molecule is O=C(NCC1CCCO1)c1ccnc(Nc2cccc(C(F)(F)F)c2)n1. The number of nitrogens with zero attached hydrogens (tertiary/aromatic N) is 2. The first kappa shape index (κ1) is 18.1. The fourth-order valence-corrected chi connectivity index (χ4v) is 2.55. The molecular formula is C17H17F3N4O2. The van der Waals surface area contributed by atoms with Crippen molar-refractivity contribution in [3.05, 3.63) is 47.8 Å². The molecule has 9 heteroatoms. The largest absolute Gasteiger partial charge is 0.416 e. The topological polar surface area (TPSA) is 76.1 Å². The molecule has 1 aliphatic heterocycles. The molecule has 1 unspecified atom stereocenters. The third-order valence-electron chi connectivity index (χ3n) is 3.85. The van der Waals surface area contributed by atoms with E-state index in [4.69, 9.17) is 4.74 Å². The number of nitrogens with one attached hydrogen (secondary N) is 2. The Labute approximate surface area is 147 Å². The number of alkyl halides is 3. The number of halogens is 3. The van der Waals surface area contributed by atoms with Crippen LogP contribution in [0.1, 0.15) is 28.9 Å². The number of anilines is 2. The van der Waals surface area contributed by atoms with Gasteiger partial charge in [-0.15, -0.1) is 0 Å². The van der Waals surface area contributed by atoms with E-state index in [1.54, 1.807) is 0 Å². The summed E-state index contributed by atoms with van der Waals surface area (Å²) in [7, 11) is 0. The van der Waals surface area contributed by atoms with Gasteiger partial charge in [-0.25, -0.2) is 9.97 Å². The molecule has 138 valence electrons. The summed E-state index contributed by atoms with van der Waals surface area (Å²) in [5.41, 5.74) is -0.489. The highest BCUT2D eigenvalue weighted by Crippen LogP contribution is 2.31. The molecule has 1 aromatic carbocycles. The molecule has 2 aromatic rings. The minimum Gasteiger partial charge on any atom is -0.376 e. The second-order valence-corrected chi connectivity index (χ2v) is 5.81. The van der Waals surface area contributed by atoms with E-state index in [1.165, 1.54) is 24.4 Å². The number of amides is 1. The molecule has 1 aliphatic rings. The summed E-state index contributed by atoms with van der Waals surface area (Å²) in [6.45, 7) is 1.08.